The zero-order valence-electron chi connectivity index (χ0n) is 11.8. The highest BCUT2D eigenvalue weighted by molar-refractivity contribution is 5.94. The van der Waals surface area contributed by atoms with Crippen molar-refractivity contribution in [3.63, 3.8) is 0 Å². The number of ether oxygens (including phenoxy) is 2. The van der Waals surface area contributed by atoms with Crippen LogP contribution < -0.4 is 4.74 Å². The van der Waals surface area contributed by atoms with E-state index in [4.69, 9.17) is 4.74 Å². The average molecular weight is 295 g/mol. The SMILES string of the molecule is COC(=O)C(C(=O)O)C1CCc2cc(OC)ncc2C1O. The molecule has 0 saturated carbocycles. The number of hydrogen-bond acceptors (Lipinski definition) is 6. The van der Waals surface area contributed by atoms with Crippen LogP contribution in [0.15, 0.2) is 12.3 Å². The molecule has 7 heteroatoms. The molecule has 2 rings (SSSR count). The third-order valence-electron chi connectivity index (χ3n) is 3.83. The van der Waals surface area contributed by atoms with E-state index in [0.717, 1.165) is 12.7 Å². The van der Waals surface area contributed by atoms with Crippen LogP contribution in [0.1, 0.15) is 23.7 Å². The number of carbonyl (C=O) groups is 2. The number of aryl methyl sites for hydroxylation is 1. The van der Waals surface area contributed by atoms with Crippen molar-refractivity contribution in [3.05, 3.63) is 23.4 Å². The number of aromatic nitrogens is 1. The molecule has 7 nitrogen and oxygen atoms in total. The Labute approximate surface area is 121 Å². The summed E-state index contributed by atoms with van der Waals surface area (Å²) in [5, 5.41) is 19.6. The molecule has 2 N–H and O–H groups in total. The van der Waals surface area contributed by atoms with Gasteiger partial charge in [-0.1, -0.05) is 0 Å². The van der Waals surface area contributed by atoms with Gasteiger partial charge in [-0.15, -0.1) is 0 Å². The van der Waals surface area contributed by atoms with Gasteiger partial charge in [-0.25, -0.2) is 4.98 Å². The van der Waals surface area contributed by atoms with E-state index in [-0.39, 0.29) is 0 Å². The van der Waals surface area contributed by atoms with Gasteiger partial charge >= 0.3 is 11.9 Å². The van der Waals surface area contributed by atoms with Gasteiger partial charge < -0.3 is 19.7 Å². The number of nitrogens with zero attached hydrogens (tertiary/aromatic N) is 1. The monoisotopic (exact) mass is 295 g/mol. The smallest absolute Gasteiger partial charge is 0.320 e. The first-order chi connectivity index (χ1) is 9.99. The van der Waals surface area contributed by atoms with Crippen molar-refractivity contribution in [2.75, 3.05) is 14.2 Å². The summed E-state index contributed by atoms with van der Waals surface area (Å²) in [6.45, 7) is 0. The van der Waals surface area contributed by atoms with E-state index in [1.165, 1.54) is 13.3 Å². The summed E-state index contributed by atoms with van der Waals surface area (Å²) >= 11 is 0. The molecule has 1 aliphatic carbocycles. The largest absolute Gasteiger partial charge is 0.481 e. The summed E-state index contributed by atoms with van der Waals surface area (Å²) in [6.07, 6.45) is 1.29. The fourth-order valence-corrected chi connectivity index (χ4v) is 2.73. The molecule has 1 aromatic heterocycles. The van der Waals surface area contributed by atoms with Crippen LogP contribution in [0, 0.1) is 11.8 Å². The number of esters is 1. The number of carboxylic acids is 1. The Hall–Kier alpha value is -2.15. The van der Waals surface area contributed by atoms with E-state index in [1.54, 1.807) is 6.07 Å². The van der Waals surface area contributed by atoms with E-state index in [9.17, 15) is 19.8 Å². The molecule has 1 aromatic rings. The number of aliphatic carboxylic acids is 1. The van der Waals surface area contributed by atoms with Gasteiger partial charge in [0.05, 0.1) is 20.3 Å². The van der Waals surface area contributed by atoms with Crippen LogP contribution in [-0.2, 0) is 20.7 Å². The van der Waals surface area contributed by atoms with Gasteiger partial charge in [0.1, 0.15) is 0 Å². The van der Waals surface area contributed by atoms with Gasteiger partial charge in [0, 0.05) is 23.7 Å². The van der Waals surface area contributed by atoms with Crippen molar-refractivity contribution in [2.45, 2.75) is 18.9 Å². The highest BCUT2D eigenvalue weighted by atomic mass is 16.5. The second-order valence-electron chi connectivity index (χ2n) is 4.91. The molecule has 1 aliphatic rings. The Morgan fingerprint density at radius 3 is 2.71 bits per heavy atom. The maximum absolute atomic E-state index is 11.7. The second kappa shape index (κ2) is 6.09. The van der Waals surface area contributed by atoms with E-state index in [2.05, 4.69) is 9.72 Å². The van der Waals surface area contributed by atoms with E-state index < -0.39 is 29.9 Å². The summed E-state index contributed by atoms with van der Waals surface area (Å²) in [5.41, 5.74) is 1.38. The van der Waals surface area contributed by atoms with Gasteiger partial charge in [-0.05, 0) is 18.4 Å². The van der Waals surface area contributed by atoms with Crippen molar-refractivity contribution < 1.29 is 29.3 Å². The number of hydrogen-bond donors (Lipinski definition) is 2. The van der Waals surface area contributed by atoms with Crippen molar-refractivity contribution >= 4 is 11.9 Å². The predicted molar refractivity (Wildman–Crippen MR) is 70.7 cm³/mol. The molecule has 0 aromatic carbocycles. The zero-order valence-corrected chi connectivity index (χ0v) is 11.8. The lowest BCUT2D eigenvalue weighted by molar-refractivity contribution is -0.162. The third kappa shape index (κ3) is 2.82. The molecule has 0 bridgehead atoms. The summed E-state index contributed by atoms with van der Waals surface area (Å²) in [4.78, 5) is 27.0. The fraction of sp³-hybridized carbons (Fsp3) is 0.500. The molecule has 0 spiro atoms. The average Bonchev–Trinajstić information content (AvgIpc) is 2.48. The number of fused-ring (bicyclic) bond motifs is 1. The first kappa shape index (κ1) is 15.2. The Bertz CT molecular complexity index is 558. The highest BCUT2D eigenvalue weighted by Gasteiger charge is 2.42. The molecule has 0 amide bonds. The Kier molecular flexibility index (Phi) is 4.42. The molecule has 0 aliphatic heterocycles. The molecule has 21 heavy (non-hydrogen) atoms. The number of aliphatic hydroxyl groups is 1. The van der Waals surface area contributed by atoms with Gasteiger partial charge in [-0.2, -0.15) is 0 Å². The van der Waals surface area contributed by atoms with Crippen LogP contribution in [-0.4, -0.2) is 41.4 Å². The van der Waals surface area contributed by atoms with Gasteiger partial charge in [0.25, 0.3) is 0 Å². The lowest BCUT2D eigenvalue weighted by Crippen LogP contribution is -2.38. The number of rotatable bonds is 4. The van der Waals surface area contributed by atoms with E-state index in [1.807, 2.05) is 0 Å². The Morgan fingerprint density at radius 2 is 2.14 bits per heavy atom. The lowest BCUT2D eigenvalue weighted by Gasteiger charge is -2.32. The minimum absolute atomic E-state index is 0.368. The fourth-order valence-electron chi connectivity index (χ4n) is 2.73. The maximum Gasteiger partial charge on any atom is 0.320 e. The molecule has 1 heterocycles. The summed E-state index contributed by atoms with van der Waals surface area (Å²) in [7, 11) is 2.63. The predicted octanol–water partition coefficient (Wildman–Crippen LogP) is 0.560. The number of aliphatic hydroxyl groups excluding tert-OH is 1. The quantitative estimate of drug-likeness (QED) is 0.617. The minimum atomic E-state index is -1.39. The van der Waals surface area contributed by atoms with Crippen LogP contribution in [0.3, 0.4) is 0 Å². The zero-order chi connectivity index (χ0) is 15.6. The van der Waals surface area contributed by atoms with Gasteiger partial charge in [0.15, 0.2) is 5.92 Å². The maximum atomic E-state index is 11.7. The molecule has 0 radical (unpaired) electrons. The minimum Gasteiger partial charge on any atom is -0.481 e. The molecule has 3 unspecified atom stereocenters. The third-order valence-corrected chi connectivity index (χ3v) is 3.83. The molecule has 114 valence electrons. The standard InChI is InChI=1S/C14H17NO6/c1-20-10-5-7-3-4-8(12(16)9(7)6-15-10)11(13(17)18)14(19)21-2/h5-6,8,11-12,16H,3-4H2,1-2H3,(H,17,18). The number of carbonyl (C=O) groups excluding carboxylic acids is 1. The Morgan fingerprint density at radius 1 is 1.43 bits per heavy atom. The number of pyridine rings is 1. The molecule has 3 atom stereocenters. The van der Waals surface area contributed by atoms with Crippen molar-refractivity contribution in [1.82, 2.24) is 4.98 Å². The first-order valence-corrected chi connectivity index (χ1v) is 6.51. The topological polar surface area (TPSA) is 106 Å². The summed E-state index contributed by atoms with van der Waals surface area (Å²) in [5.74, 6) is -3.84. The van der Waals surface area contributed by atoms with Crippen LogP contribution in [0.2, 0.25) is 0 Å². The lowest BCUT2D eigenvalue weighted by atomic mass is 9.75. The Balaban J connectivity index is 2.32. The summed E-state index contributed by atoms with van der Waals surface area (Å²) < 4.78 is 9.56. The van der Waals surface area contributed by atoms with Gasteiger partial charge in [0.2, 0.25) is 5.88 Å². The molecule has 0 fully saturated rings. The van der Waals surface area contributed by atoms with E-state index >= 15 is 0 Å². The van der Waals surface area contributed by atoms with Gasteiger partial charge in [-0.3, -0.25) is 9.59 Å². The molecular weight excluding hydrogens is 278 g/mol. The van der Waals surface area contributed by atoms with Crippen molar-refractivity contribution in [3.8, 4) is 5.88 Å². The molecular formula is C14H17NO6. The van der Waals surface area contributed by atoms with Crippen LogP contribution in [0.4, 0.5) is 0 Å². The molecule has 0 saturated heterocycles. The second-order valence-corrected chi connectivity index (χ2v) is 4.91. The number of carboxylic acid groups (broad SMARTS) is 1. The summed E-state index contributed by atoms with van der Waals surface area (Å²) in [6, 6.07) is 1.71. The highest BCUT2D eigenvalue weighted by Crippen LogP contribution is 2.39. The van der Waals surface area contributed by atoms with Crippen molar-refractivity contribution in [1.29, 1.82) is 0 Å². The van der Waals surface area contributed by atoms with Crippen molar-refractivity contribution in [2.24, 2.45) is 11.8 Å². The van der Waals surface area contributed by atoms with Crippen LogP contribution in [0.5, 0.6) is 5.88 Å². The number of methoxy groups -OCH3 is 2. The first-order valence-electron chi connectivity index (χ1n) is 6.51. The normalized spacial score (nSPS) is 22.0. The van der Waals surface area contributed by atoms with Crippen LogP contribution >= 0.6 is 0 Å². The van der Waals surface area contributed by atoms with E-state index in [0.29, 0.717) is 24.3 Å². The van der Waals surface area contributed by atoms with Crippen LogP contribution in [0.25, 0.3) is 0 Å².